The van der Waals surface area contributed by atoms with Gasteiger partial charge in [-0.2, -0.15) is 4.79 Å². The third-order valence-electron chi connectivity index (χ3n) is 1.85. The molecule has 1 aliphatic carbocycles. The lowest BCUT2D eigenvalue weighted by atomic mass is 10.0. The highest BCUT2D eigenvalue weighted by Gasteiger charge is 2.44. The van der Waals surface area contributed by atoms with Crippen LogP contribution < -0.4 is 0 Å². The van der Waals surface area contributed by atoms with E-state index < -0.39 is 44.9 Å². The van der Waals surface area contributed by atoms with Gasteiger partial charge < -0.3 is 15.7 Å². The molecule has 0 spiro atoms. The molecule has 0 radical (unpaired) electrons. The molecule has 16 heavy (non-hydrogen) atoms. The average Bonchev–Trinajstić information content (AvgIpc) is 2.16. The van der Waals surface area contributed by atoms with Crippen LogP contribution in [0, 0.1) is 20.2 Å². The fourth-order valence-electron chi connectivity index (χ4n) is 1.12. The van der Waals surface area contributed by atoms with E-state index in [1.165, 1.54) is 0 Å². The summed E-state index contributed by atoms with van der Waals surface area (Å²) in [7, 11) is 0. The third kappa shape index (κ3) is 1.60. The summed E-state index contributed by atoms with van der Waals surface area (Å²) in [6.45, 7) is 0. The van der Waals surface area contributed by atoms with E-state index >= 15 is 0 Å². The Hall–Kier alpha value is -2.74. The molecule has 1 aliphatic rings. The number of nitrogens with zero attached hydrogens (tertiary/aromatic N) is 4. The topological polar surface area (TPSA) is 163 Å². The maximum absolute atomic E-state index is 10.4. The van der Waals surface area contributed by atoms with Crippen molar-refractivity contribution in [1.82, 2.24) is 0 Å². The molecule has 10 nitrogen and oxygen atoms in total. The van der Waals surface area contributed by atoms with Crippen molar-refractivity contribution in [2.75, 3.05) is 0 Å². The molecular weight excluding hydrogens is 224 g/mol. The van der Waals surface area contributed by atoms with Gasteiger partial charge in [0.2, 0.25) is 0 Å². The van der Waals surface area contributed by atoms with Crippen molar-refractivity contribution < 1.29 is 24.8 Å². The van der Waals surface area contributed by atoms with Gasteiger partial charge in [-0.3, -0.25) is 20.2 Å². The Morgan fingerprint density at radius 2 is 1.75 bits per heavy atom. The zero-order valence-electron chi connectivity index (χ0n) is 7.52. The number of hydrogen-bond acceptors (Lipinski definition) is 6. The largest absolute Gasteiger partial charge is 0.497 e. The van der Waals surface area contributed by atoms with E-state index in [1.807, 2.05) is 0 Å². The van der Waals surface area contributed by atoms with Crippen LogP contribution in [0.15, 0.2) is 22.9 Å². The minimum Gasteiger partial charge on any atom is -0.497 e. The summed E-state index contributed by atoms with van der Waals surface area (Å²) in [5, 5.41) is 39.3. The van der Waals surface area contributed by atoms with Crippen LogP contribution in [0.25, 0.3) is 5.53 Å². The van der Waals surface area contributed by atoms with E-state index in [9.17, 15) is 30.4 Å². The summed E-state index contributed by atoms with van der Waals surface area (Å²) >= 11 is 0. The van der Waals surface area contributed by atoms with Crippen molar-refractivity contribution in [1.29, 1.82) is 0 Å². The third-order valence-corrected chi connectivity index (χ3v) is 1.85. The SMILES string of the molecule is [N-]=[N+]=C1CC([N+](=O)[O-])=C(O)C([N+](=O)[O-])=C1O. The minimum atomic E-state index is -1.26. The normalized spacial score (nSPS) is 16.1. The predicted octanol–water partition coefficient (Wildman–Crippen LogP) is 0.153. The Labute approximate surface area is 86.7 Å². The van der Waals surface area contributed by atoms with Crippen LogP contribution in [0.5, 0.6) is 0 Å². The van der Waals surface area contributed by atoms with E-state index in [0.29, 0.717) is 0 Å². The summed E-state index contributed by atoms with van der Waals surface area (Å²) in [5.74, 6) is -2.35. The molecule has 0 aromatic rings. The summed E-state index contributed by atoms with van der Waals surface area (Å²) < 4.78 is 0. The lowest BCUT2D eigenvalue weighted by molar-refractivity contribution is -0.444. The molecule has 0 aliphatic heterocycles. The molecule has 0 aromatic heterocycles. The first-order valence-corrected chi connectivity index (χ1v) is 3.76. The lowest BCUT2D eigenvalue weighted by Gasteiger charge is -2.05. The maximum atomic E-state index is 10.4. The molecule has 0 saturated heterocycles. The summed E-state index contributed by atoms with van der Waals surface area (Å²) in [6.07, 6.45) is -0.710. The van der Waals surface area contributed by atoms with Gasteiger partial charge in [-0.15, -0.1) is 0 Å². The number of aliphatic hydroxyl groups excluding tert-OH is 2. The van der Waals surface area contributed by atoms with Crippen molar-refractivity contribution in [3.05, 3.63) is 48.7 Å². The highest BCUT2D eigenvalue weighted by molar-refractivity contribution is 5.97. The first kappa shape index (κ1) is 11.3. The summed E-state index contributed by atoms with van der Waals surface area (Å²) in [6, 6.07) is 0. The first-order chi connectivity index (χ1) is 7.40. The highest BCUT2D eigenvalue weighted by Crippen LogP contribution is 2.25. The lowest BCUT2D eigenvalue weighted by Crippen LogP contribution is -2.23. The fraction of sp³-hybridized carbons (Fsp3) is 0.167. The van der Waals surface area contributed by atoms with Crippen molar-refractivity contribution in [3.63, 3.8) is 0 Å². The predicted molar refractivity (Wildman–Crippen MR) is 46.5 cm³/mol. The van der Waals surface area contributed by atoms with Gasteiger partial charge in [0.25, 0.3) is 11.5 Å². The molecule has 84 valence electrons. The van der Waals surface area contributed by atoms with Gasteiger partial charge in [0.1, 0.15) is 6.42 Å². The van der Waals surface area contributed by atoms with Crippen LogP contribution in [0.2, 0.25) is 0 Å². The number of nitro groups is 2. The second-order valence-electron chi connectivity index (χ2n) is 2.73. The Morgan fingerprint density at radius 3 is 2.12 bits per heavy atom. The second-order valence-corrected chi connectivity index (χ2v) is 2.73. The average molecular weight is 228 g/mol. The second kappa shape index (κ2) is 3.79. The molecule has 0 atom stereocenters. The van der Waals surface area contributed by atoms with Gasteiger partial charge in [-0.1, -0.05) is 0 Å². The van der Waals surface area contributed by atoms with Crippen molar-refractivity contribution in [2.45, 2.75) is 6.42 Å². The van der Waals surface area contributed by atoms with Crippen molar-refractivity contribution in [2.24, 2.45) is 0 Å². The van der Waals surface area contributed by atoms with Crippen LogP contribution in [0.1, 0.15) is 6.42 Å². The first-order valence-electron chi connectivity index (χ1n) is 3.76. The van der Waals surface area contributed by atoms with Gasteiger partial charge in [0.15, 0.2) is 0 Å². The fourth-order valence-corrected chi connectivity index (χ4v) is 1.12. The molecule has 0 aromatic carbocycles. The molecule has 2 N–H and O–H groups in total. The van der Waals surface area contributed by atoms with Gasteiger partial charge >= 0.3 is 17.1 Å². The number of hydrogen-bond donors (Lipinski definition) is 2. The van der Waals surface area contributed by atoms with E-state index in [1.54, 1.807) is 0 Å². The van der Waals surface area contributed by atoms with E-state index in [4.69, 9.17) is 5.53 Å². The monoisotopic (exact) mass is 228 g/mol. The molecule has 10 heteroatoms. The Kier molecular flexibility index (Phi) is 2.68. The van der Waals surface area contributed by atoms with Crippen molar-refractivity contribution >= 4 is 5.71 Å². The quantitative estimate of drug-likeness (QED) is 0.295. The molecule has 0 saturated carbocycles. The van der Waals surface area contributed by atoms with Gasteiger partial charge in [-0.25, -0.2) is 0 Å². The Morgan fingerprint density at radius 1 is 1.19 bits per heavy atom. The van der Waals surface area contributed by atoms with Crippen LogP contribution in [-0.4, -0.2) is 30.6 Å². The molecule has 0 fully saturated rings. The van der Waals surface area contributed by atoms with E-state index in [0.717, 1.165) is 0 Å². The van der Waals surface area contributed by atoms with E-state index in [2.05, 4.69) is 4.79 Å². The van der Waals surface area contributed by atoms with Crippen LogP contribution in [-0.2, 0) is 0 Å². The minimum absolute atomic E-state index is 0.656. The summed E-state index contributed by atoms with van der Waals surface area (Å²) in [5.41, 5.74) is 5.56. The smallest absolute Gasteiger partial charge is 0.366 e. The molecule has 0 bridgehead atoms. The van der Waals surface area contributed by atoms with Gasteiger partial charge in [-0.05, 0) is 0 Å². The Bertz CT molecular complexity index is 497. The summed E-state index contributed by atoms with van der Waals surface area (Å²) in [4.78, 5) is 21.1. The standard InChI is InChI=1S/C6H4N4O6/c7-8-2-1-3(9(13)14)6(12)4(5(2)11)10(15)16/h11-12H,1H2. The zero-order valence-corrected chi connectivity index (χ0v) is 7.52. The van der Waals surface area contributed by atoms with E-state index in [-0.39, 0.29) is 0 Å². The molecule has 1 rings (SSSR count). The molecule has 0 unspecified atom stereocenters. The van der Waals surface area contributed by atoms with Gasteiger partial charge in [0, 0.05) is 0 Å². The molecular formula is C6H4N4O6. The van der Waals surface area contributed by atoms with Crippen molar-refractivity contribution in [3.8, 4) is 0 Å². The Balaban J connectivity index is 3.54. The maximum Gasteiger partial charge on any atom is 0.366 e. The number of aliphatic hydroxyl groups is 2. The zero-order chi connectivity index (χ0) is 12.5. The number of rotatable bonds is 2. The van der Waals surface area contributed by atoms with Crippen LogP contribution in [0.3, 0.4) is 0 Å². The highest BCUT2D eigenvalue weighted by atomic mass is 16.6. The molecule has 0 heterocycles. The van der Waals surface area contributed by atoms with Crippen LogP contribution >= 0.6 is 0 Å². The van der Waals surface area contributed by atoms with Gasteiger partial charge in [0.05, 0.1) is 9.85 Å². The number of allylic oxidation sites excluding steroid dienone is 2. The molecule has 0 amide bonds. The van der Waals surface area contributed by atoms with Crippen LogP contribution in [0.4, 0.5) is 0 Å².